The topological polar surface area (TPSA) is 21.3 Å². The molecule has 1 saturated heterocycles. The van der Waals surface area contributed by atoms with E-state index in [2.05, 4.69) is 33.0 Å². The lowest BCUT2D eigenvalue weighted by Gasteiger charge is -2.52. The van der Waals surface area contributed by atoms with Crippen molar-refractivity contribution in [1.82, 2.24) is 5.32 Å². The highest BCUT2D eigenvalue weighted by Crippen LogP contribution is 2.45. The van der Waals surface area contributed by atoms with Crippen molar-refractivity contribution in [2.45, 2.75) is 96.8 Å². The van der Waals surface area contributed by atoms with E-state index in [-0.39, 0.29) is 5.60 Å². The van der Waals surface area contributed by atoms with Gasteiger partial charge in [-0.3, -0.25) is 0 Å². The van der Waals surface area contributed by atoms with Gasteiger partial charge in [-0.2, -0.15) is 0 Å². The minimum absolute atomic E-state index is 0.181. The molecule has 0 aromatic heterocycles. The van der Waals surface area contributed by atoms with Gasteiger partial charge in [0, 0.05) is 12.6 Å². The van der Waals surface area contributed by atoms with Crippen molar-refractivity contribution in [3.8, 4) is 0 Å². The Hall–Kier alpha value is -0.0800. The van der Waals surface area contributed by atoms with Crippen LogP contribution in [0.4, 0.5) is 0 Å². The van der Waals surface area contributed by atoms with Crippen molar-refractivity contribution in [1.29, 1.82) is 0 Å². The minimum Gasteiger partial charge on any atom is -0.369 e. The molecule has 3 atom stereocenters. The largest absolute Gasteiger partial charge is 0.369 e. The van der Waals surface area contributed by atoms with E-state index in [1.165, 1.54) is 51.4 Å². The number of hydrogen-bond acceptors (Lipinski definition) is 2. The lowest BCUT2D eigenvalue weighted by atomic mass is 9.67. The first-order chi connectivity index (χ1) is 9.94. The third-order valence-electron chi connectivity index (χ3n) is 7.08. The first kappa shape index (κ1) is 15.8. The predicted octanol–water partition coefficient (Wildman–Crippen LogP) is 4.53. The Balaban J connectivity index is 1.60. The van der Waals surface area contributed by atoms with Gasteiger partial charge in [-0.25, -0.2) is 0 Å². The molecule has 0 aromatic rings. The van der Waals surface area contributed by atoms with Crippen LogP contribution in [0, 0.1) is 17.3 Å². The summed E-state index contributed by atoms with van der Waals surface area (Å²) >= 11 is 0. The Kier molecular flexibility index (Phi) is 4.40. The number of rotatable bonds is 2. The molecular weight excluding hydrogens is 258 g/mol. The standard InChI is InChI=1S/C19H35NO/c1-5-18(3,4)15-6-7-17-16(12-15)20-13-19(21-17)10-8-14(2)9-11-19/h14-17,20H,5-13H2,1-4H3. The molecular formula is C19H35NO. The monoisotopic (exact) mass is 293 g/mol. The Bertz CT molecular complexity index is 357. The molecule has 21 heavy (non-hydrogen) atoms. The molecule has 2 nitrogen and oxygen atoms in total. The number of fused-ring (bicyclic) bond motifs is 1. The molecule has 1 spiro atoms. The fraction of sp³-hybridized carbons (Fsp3) is 1.00. The van der Waals surface area contributed by atoms with Crippen LogP contribution in [0.15, 0.2) is 0 Å². The summed E-state index contributed by atoms with van der Waals surface area (Å²) in [5, 5.41) is 3.90. The highest BCUT2D eigenvalue weighted by atomic mass is 16.5. The van der Waals surface area contributed by atoms with Gasteiger partial charge in [-0.15, -0.1) is 0 Å². The van der Waals surface area contributed by atoms with Gasteiger partial charge < -0.3 is 10.1 Å². The third kappa shape index (κ3) is 3.17. The average Bonchev–Trinajstić information content (AvgIpc) is 2.50. The van der Waals surface area contributed by atoms with Gasteiger partial charge in [0.2, 0.25) is 0 Å². The summed E-state index contributed by atoms with van der Waals surface area (Å²) in [5.74, 6) is 1.76. The Morgan fingerprint density at radius 1 is 1.14 bits per heavy atom. The molecule has 3 aliphatic rings. The Morgan fingerprint density at radius 3 is 2.52 bits per heavy atom. The van der Waals surface area contributed by atoms with Gasteiger partial charge in [0.25, 0.3) is 0 Å². The molecule has 2 aliphatic carbocycles. The van der Waals surface area contributed by atoms with Crippen LogP contribution in [0.3, 0.4) is 0 Å². The van der Waals surface area contributed by atoms with E-state index in [9.17, 15) is 0 Å². The molecule has 0 radical (unpaired) electrons. The van der Waals surface area contributed by atoms with Crippen LogP contribution in [0.1, 0.15) is 79.1 Å². The second-order valence-electron chi connectivity index (χ2n) is 8.86. The zero-order chi connectivity index (χ0) is 15.1. The molecule has 3 unspecified atom stereocenters. The van der Waals surface area contributed by atoms with Crippen molar-refractivity contribution >= 4 is 0 Å². The Labute approximate surface area is 131 Å². The summed E-state index contributed by atoms with van der Waals surface area (Å²) in [5.41, 5.74) is 0.669. The number of nitrogens with one attached hydrogen (secondary N) is 1. The third-order valence-corrected chi connectivity index (χ3v) is 7.08. The van der Waals surface area contributed by atoms with E-state index in [1.807, 2.05) is 0 Å². The first-order valence-electron chi connectivity index (χ1n) is 9.35. The van der Waals surface area contributed by atoms with E-state index in [0.717, 1.165) is 18.4 Å². The van der Waals surface area contributed by atoms with Gasteiger partial charge in [-0.05, 0) is 62.2 Å². The van der Waals surface area contributed by atoms with Crippen LogP contribution >= 0.6 is 0 Å². The van der Waals surface area contributed by atoms with Crippen molar-refractivity contribution in [3.05, 3.63) is 0 Å². The number of morpholine rings is 1. The highest BCUT2D eigenvalue weighted by Gasteiger charge is 2.46. The van der Waals surface area contributed by atoms with Crippen molar-refractivity contribution < 1.29 is 4.74 Å². The van der Waals surface area contributed by atoms with Crippen molar-refractivity contribution in [2.75, 3.05) is 6.54 Å². The van der Waals surface area contributed by atoms with Gasteiger partial charge in [-0.1, -0.05) is 34.1 Å². The maximum Gasteiger partial charge on any atom is 0.0811 e. The maximum absolute atomic E-state index is 6.70. The van der Waals surface area contributed by atoms with Gasteiger partial charge in [0.05, 0.1) is 11.7 Å². The van der Waals surface area contributed by atoms with E-state index < -0.39 is 0 Å². The van der Waals surface area contributed by atoms with Crippen LogP contribution in [0.2, 0.25) is 0 Å². The van der Waals surface area contributed by atoms with Crippen LogP contribution in [0.5, 0.6) is 0 Å². The Morgan fingerprint density at radius 2 is 1.86 bits per heavy atom. The van der Waals surface area contributed by atoms with Gasteiger partial charge >= 0.3 is 0 Å². The molecule has 2 heteroatoms. The zero-order valence-corrected chi connectivity index (χ0v) is 14.6. The van der Waals surface area contributed by atoms with Crippen LogP contribution < -0.4 is 5.32 Å². The fourth-order valence-electron chi connectivity index (χ4n) is 4.76. The lowest BCUT2D eigenvalue weighted by molar-refractivity contribution is -0.171. The zero-order valence-electron chi connectivity index (χ0n) is 14.6. The lowest BCUT2D eigenvalue weighted by Crippen LogP contribution is -2.62. The minimum atomic E-state index is 0.181. The van der Waals surface area contributed by atoms with Gasteiger partial charge in [0.15, 0.2) is 0 Å². The average molecular weight is 293 g/mol. The van der Waals surface area contributed by atoms with Crippen LogP contribution in [0.25, 0.3) is 0 Å². The summed E-state index contributed by atoms with van der Waals surface area (Å²) in [6, 6.07) is 0.611. The highest BCUT2D eigenvalue weighted by molar-refractivity contribution is 5.00. The number of hydrogen-bond donors (Lipinski definition) is 1. The molecule has 0 aromatic carbocycles. The molecule has 1 aliphatic heterocycles. The molecule has 0 amide bonds. The molecule has 0 bridgehead atoms. The van der Waals surface area contributed by atoms with E-state index in [1.54, 1.807) is 0 Å². The molecule has 1 N–H and O–H groups in total. The summed E-state index contributed by atoms with van der Waals surface area (Å²) in [4.78, 5) is 0. The first-order valence-corrected chi connectivity index (χ1v) is 9.35. The second kappa shape index (κ2) is 5.85. The van der Waals surface area contributed by atoms with Crippen molar-refractivity contribution in [2.24, 2.45) is 17.3 Å². The van der Waals surface area contributed by atoms with E-state index >= 15 is 0 Å². The van der Waals surface area contributed by atoms with Crippen LogP contribution in [-0.4, -0.2) is 24.3 Å². The van der Waals surface area contributed by atoms with E-state index in [0.29, 0.717) is 17.6 Å². The maximum atomic E-state index is 6.70. The second-order valence-corrected chi connectivity index (χ2v) is 8.86. The van der Waals surface area contributed by atoms with Crippen molar-refractivity contribution in [3.63, 3.8) is 0 Å². The van der Waals surface area contributed by atoms with E-state index in [4.69, 9.17) is 4.74 Å². The summed E-state index contributed by atoms with van der Waals surface area (Å²) in [6.07, 6.45) is 11.0. The van der Waals surface area contributed by atoms with Crippen LogP contribution in [-0.2, 0) is 4.74 Å². The summed E-state index contributed by atoms with van der Waals surface area (Å²) in [6.45, 7) is 10.7. The molecule has 3 rings (SSSR count). The fourth-order valence-corrected chi connectivity index (χ4v) is 4.76. The quantitative estimate of drug-likeness (QED) is 0.807. The SMILES string of the molecule is CCC(C)(C)C1CCC2OC3(CCC(C)CC3)CNC2C1. The smallest absolute Gasteiger partial charge is 0.0811 e. The molecule has 2 saturated carbocycles. The van der Waals surface area contributed by atoms with Gasteiger partial charge in [0.1, 0.15) is 0 Å². The molecule has 3 fully saturated rings. The normalized spacial score (nSPS) is 44.6. The number of ether oxygens (including phenoxy) is 1. The summed E-state index contributed by atoms with van der Waals surface area (Å²) in [7, 11) is 0. The predicted molar refractivity (Wildman–Crippen MR) is 88.4 cm³/mol. The summed E-state index contributed by atoms with van der Waals surface area (Å²) < 4.78 is 6.70. The molecule has 1 heterocycles. The molecule has 122 valence electrons.